The molecule has 1 fully saturated rings. The lowest BCUT2D eigenvalue weighted by Gasteiger charge is -2.10. The van der Waals surface area contributed by atoms with Gasteiger partial charge in [0.2, 0.25) is 0 Å². The van der Waals surface area contributed by atoms with Gasteiger partial charge in [-0.3, -0.25) is 0 Å². The van der Waals surface area contributed by atoms with Gasteiger partial charge < -0.3 is 14.2 Å². The van der Waals surface area contributed by atoms with Crippen molar-refractivity contribution >= 4 is 5.97 Å². The van der Waals surface area contributed by atoms with E-state index in [-0.39, 0.29) is 12.1 Å². The summed E-state index contributed by atoms with van der Waals surface area (Å²) < 4.78 is 15.9. The zero-order valence-electron chi connectivity index (χ0n) is 10.7. The summed E-state index contributed by atoms with van der Waals surface area (Å²) in [7, 11) is 0. The van der Waals surface area contributed by atoms with E-state index in [1.165, 1.54) is 6.08 Å². The monoisotopic (exact) mass is 242 g/mol. The number of unbranched alkanes of at least 4 members (excludes halogenated alkanes) is 1. The van der Waals surface area contributed by atoms with Gasteiger partial charge in [-0.15, -0.1) is 0 Å². The van der Waals surface area contributed by atoms with Crippen LogP contribution in [0, 0.1) is 0 Å². The number of ether oxygens (including phenoxy) is 3. The van der Waals surface area contributed by atoms with Crippen LogP contribution in [0.4, 0.5) is 0 Å². The first-order valence-electron chi connectivity index (χ1n) is 6.38. The molecule has 17 heavy (non-hydrogen) atoms. The van der Waals surface area contributed by atoms with E-state index in [1.54, 1.807) is 6.92 Å². The average Bonchev–Trinajstić information content (AvgIpc) is 2.72. The normalized spacial score (nSPS) is 21.5. The zero-order valence-corrected chi connectivity index (χ0v) is 10.7. The predicted molar refractivity (Wildman–Crippen MR) is 64.6 cm³/mol. The summed E-state index contributed by atoms with van der Waals surface area (Å²) in [6, 6.07) is 0. The highest BCUT2D eigenvalue weighted by Crippen LogP contribution is 2.23. The highest BCUT2D eigenvalue weighted by atomic mass is 16.5. The molecule has 1 heterocycles. The second-order valence-corrected chi connectivity index (χ2v) is 4.07. The number of hydrogen-bond acceptors (Lipinski definition) is 4. The molecule has 1 saturated heterocycles. The third-order valence-electron chi connectivity index (χ3n) is 2.54. The van der Waals surface area contributed by atoms with Crippen molar-refractivity contribution in [3.05, 3.63) is 11.8 Å². The lowest BCUT2D eigenvalue weighted by molar-refractivity contribution is -0.137. The van der Waals surface area contributed by atoms with Gasteiger partial charge in [0.1, 0.15) is 11.9 Å². The van der Waals surface area contributed by atoms with Crippen molar-refractivity contribution < 1.29 is 19.0 Å². The van der Waals surface area contributed by atoms with Gasteiger partial charge in [0.25, 0.3) is 0 Å². The van der Waals surface area contributed by atoms with Gasteiger partial charge in [0, 0.05) is 13.0 Å². The molecule has 1 aliphatic heterocycles. The van der Waals surface area contributed by atoms with Crippen molar-refractivity contribution in [3.8, 4) is 0 Å². The van der Waals surface area contributed by atoms with Crippen LogP contribution in [-0.4, -0.2) is 31.9 Å². The van der Waals surface area contributed by atoms with Crippen LogP contribution >= 0.6 is 0 Å². The van der Waals surface area contributed by atoms with Gasteiger partial charge >= 0.3 is 5.97 Å². The molecular formula is C13H22O4. The van der Waals surface area contributed by atoms with Crippen molar-refractivity contribution in [1.29, 1.82) is 0 Å². The van der Waals surface area contributed by atoms with Crippen LogP contribution in [-0.2, 0) is 19.0 Å². The molecule has 1 rings (SSSR count). The lowest BCUT2D eigenvalue weighted by Crippen LogP contribution is -2.14. The summed E-state index contributed by atoms with van der Waals surface area (Å²) in [5.41, 5.74) is 0. The van der Waals surface area contributed by atoms with Crippen molar-refractivity contribution in [1.82, 2.24) is 0 Å². The Morgan fingerprint density at radius 2 is 2.35 bits per heavy atom. The van der Waals surface area contributed by atoms with E-state index in [4.69, 9.17) is 14.2 Å². The lowest BCUT2D eigenvalue weighted by atomic mass is 10.2. The van der Waals surface area contributed by atoms with Gasteiger partial charge in [-0.2, -0.15) is 0 Å². The topological polar surface area (TPSA) is 44.8 Å². The summed E-state index contributed by atoms with van der Waals surface area (Å²) in [5.74, 6) is 0.391. The number of rotatable bonds is 7. The molecule has 0 bridgehead atoms. The molecule has 0 aromatic rings. The number of esters is 1. The Kier molecular flexibility index (Phi) is 6.70. The van der Waals surface area contributed by atoms with E-state index in [0.717, 1.165) is 32.3 Å². The fraction of sp³-hybridized carbons (Fsp3) is 0.769. The molecule has 0 aromatic carbocycles. The molecule has 0 unspecified atom stereocenters. The maximum Gasteiger partial charge on any atom is 0.334 e. The summed E-state index contributed by atoms with van der Waals surface area (Å²) in [6.07, 6.45) is 5.46. The molecule has 4 nitrogen and oxygen atoms in total. The Hall–Kier alpha value is -1.03. The van der Waals surface area contributed by atoms with Gasteiger partial charge in [0.05, 0.1) is 19.3 Å². The first kappa shape index (κ1) is 14.0. The van der Waals surface area contributed by atoms with Crippen LogP contribution in [0.2, 0.25) is 0 Å². The van der Waals surface area contributed by atoms with Crippen molar-refractivity contribution in [2.24, 2.45) is 0 Å². The molecule has 0 spiro atoms. The molecule has 0 aromatic heterocycles. The Labute approximate surface area is 103 Å². The van der Waals surface area contributed by atoms with E-state index in [2.05, 4.69) is 6.92 Å². The third-order valence-corrected chi connectivity index (χ3v) is 2.54. The molecule has 1 aliphatic rings. The van der Waals surface area contributed by atoms with Gasteiger partial charge in [-0.1, -0.05) is 13.3 Å². The van der Waals surface area contributed by atoms with Crippen LogP contribution < -0.4 is 0 Å². The molecule has 0 amide bonds. The average molecular weight is 242 g/mol. The first-order chi connectivity index (χ1) is 8.26. The molecule has 0 saturated carbocycles. The van der Waals surface area contributed by atoms with Crippen LogP contribution in [0.5, 0.6) is 0 Å². The van der Waals surface area contributed by atoms with Crippen LogP contribution in [0.25, 0.3) is 0 Å². The highest BCUT2D eigenvalue weighted by molar-refractivity contribution is 5.82. The Bertz CT molecular complexity index is 260. The minimum Gasteiger partial charge on any atom is -0.492 e. The summed E-state index contributed by atoms with van der Waals surface area (Å²) in [4.78, 5) is 11.2. The Morgan fingerprint density at radius 3 is 3.06 bits per heavy atom. The zero-order chi connectivity index (χ0) is 12.5. The van der Waals surface area contributed by atoms with E-state index in [9.17, 15) is 4.79 Å². The maximum absolute atomic E-state index is 11.2. The molecule has 4 heteroatoms. The second-order valence-electron chi connectivity index (χ2n) is 4.07. The van der Waals surface area contributed by atoms with Gasteiger partial charge in [0.15, 0.2) is 0 Å². The predicted octanol–water partition coefficient (Wildman–Crippen LogP) is 2.43. The summed E-state index contributed by atoms with van der Waals surface area (Å²) >= 11 is 0. The molecule has 1 atom stereocenters. The molecule has 0 radical (unpaired) electrons. The van der Waals surface area contributed by atoms with E-state index >= 15 is 0 Å². The smallest absolute Gasteiger partial charge is 0.334 e. The minimum absolute atomic E-state index is 0.0903. The largest absolute Gasteiger partial charge is 0.492 e. The van der Waals surface area contributed by atoms with Crippen molar-refractivity contribution in [3.63, 3.8) is 0 Å². The molecular weight excluding hydrogens is 220 g/mol. The molecule has 0 N–H and O–H groups in total. The summed E-state index contributed by atoms with van der Waals surface area (Å²) in [6.45, 7) is 5.71. The number of allylic oxidation sites excluding steroid dienone is 1. The Morgan fingerprint density at radius 1 is 1.53 bits per heavy atom. The van der Waals surface area contributed by atoms with Crippen LogP contribution in [0.3, 0.4) is 0 Å². The fourth-order valence-corrected chi connectivity index (χ4v) is 1.64. The summed E-state index contributed by atoms with van der Waals surface area (Å²) in [5, 5.41) is 0. The van der Waals surface area contributed by atoms with Crippen LogP contribution in [0.15, 0.2) is 11.8 Å². The van der Waals surface area contributed by atoms with E-state index in [1.807, 2.05) is 0 Å². The highest BCUT2D eigenvalue weighted by Gasteiger charge is 2.21. The van der Waals surface area contributed by atoms with E-state index in [0.29, 0.717) is 19.0 Å². The second kappa shape index (κ2) is 8.12. The van der Waals surface area contributed by atoms with Gasteiger partial charge in [-0.05, 0) is 19.8 Å². The first-order valence-corrected chi connectivity index (χ1v) is 6.38. The molecule has 0 aliphatic carbocycles. The van der Waals surface area contributed by atoms with Crippen molar-refractivity contribution in [2.45, 2.75) is 45.6 Å². The van der Waals surface area contributed by atoms with E-state index < -0.39 is 0 Å². The van der Waals surface area contributed by atoms with Crippen LogP contribution in [0.1, 0.15) is 39.5 Å². The quantitative estimate of drug-likeness (QED) is 0.391. The number of carbonyl (C=O) groups excluding carboxylic acids is 1. The van der Waals surface area contributed by atoms with Gasteiger partial charge in [-0.25, -0.2) is 4.79 Å². The Balaban J connectivity index is 2.20. The van der Waals surface area contributed by atoms with Crippen molar-refractivity contribution in [2.75, 3.05) is 19.8 Å². The number of carbonyl (C=O) groups is 1. The maximum atomic E-state index is 11.2. The fourth-order valence-electron chi connectivity index (χ4n) is 1.64. The molecule has 98 valence electrons. The number of hydrogen-bond donors (Lipinski definition) is 0. The standard InChI is InChI=1S/C13H22O4/c1-3-5-8-15-10-12-7-6-11(17-12)9-13(14)16-4-2/h9,12H,3-8,10H2,1-2H3/b11-9+/t12-/m1/s1. The SMILES string of the molecule is CCCCOC[C@H]1CC/C(=C\C(=O)OCC)O1. The minimum atomic E-state index is -0.324. The third kappa shape index (κ3) is 5.73.